The molecule has 30 heavy (non-hydrogen) atoms. The molecular formula is C24H21ClN4O. The summed E-state index contributed by atoms with van der Waals surface area (Å²) in [5.74, 6) is 0.267. The van der Waals surface area contributed by atoms with Gasteiger partial charge in [-0.1, -0.05) is 71.8 Å². The fraction of sp³-hybridized carbons (Fsp3) is 0.125. The van der Waals surface area contributed by atoms with E-state index < -0.39 is 5.91 Å². The molecule has 0 aliphatic carbocycles. The third-order valence-electron chi connectivity index (χ3n) is 4.88. The summed E-state index contributed by atoms with van der Waals surface area (Å²) in [6.45, 7) is 5.95. The molecule has 1 amide bonds. The molecule has 0 aliphatic rings. The second-order valence-electron chi connectivity index (χ2n) is 7.21. The Morgan fingerprint density at radius 2 is 1.70 bits per heavy atom. The van der Waals surface area contributed by atoms with Gasteiger partial charge in [0.05, 0.1) is 16.4 Å². The predicted octanol–water partition coefficient (Wildman–Crippen LogP) is 5.77. The summed E-state index contributed by atoms with van der Waals surface area (Å²) in [4.78, 5) is 17.6. The van der Waals surface area contributed by atoms with Gasteiger partial charge in [-0.3, -0.25) is 4.79 Å². The minimum atomic E-state index is -0.410. The number of nitrogens with zero attached hydrogens (tertiary/aromatic N) is 3. The molecule has 0 fully saturated rings. The lowest BCUT2D eigenvalue weighted by Crippen LogP contribution is -2.15. The normalized spacial score (nSPS) is 10.8. The molecule has 5 nitrogen and oxygen atoms in total. The number of nitrogens with one attached hydrogen (secondary N) is 1. The summed E-state index contributed by atoms with van der Waals surface area (Å²) in [6.07, 6.45) is 0. The van der Waals surface area contributed by atoms with Gasteiger partial charge in [-0.25, -0.2) is 9.67 Å². The first-order chi connectivity index (χ1) is 14.4. The van der Waals surface area contributed by atoms with E-state index in [2.05, 4.69) is 21.5 Å². The molecule has 3 aromatic carbocycles. The van der Waals surface area contributed by atoms with Gasteiger partial charge in [-0.15, -0.1) is 5.10 Å². The van der Waals surface area contributed by atoms with Crippen molar-refractivity contribution in [3.63, 3.8) is 0 Å². The Balaban J connectivity index is 1.80. The molecule has 150 valence electrons. The van der Waals surface area contributed by atoms with E-state index in [1.807, 2.05) is 75.4 Å². The molecule has 0 spiro atoms. The zero-order chi connectivity index (χ0) is 21.3. The summed E-state index contributed by atoms with van der Waals surface area (Å²) in [6, 6.07) is 21.3. The van der Waals surface area contributed by atoms with Crippen molar-refractivity contribution in [2.45, 2.75) is 20.8 Å². The van der Waals surface area contributed by atoms with Crippen molar-refractivity contribution >= 4 is 23.2 Å². The van der Waals surface area contributed by atoms with Gasteiger partial charge in [0.2, 0.25) is 5.82 Å². The summed E-state index contributed by atoms with van der Waals surface area (Å²) < 4.78 is 1.72. The Morgan fingerprint density at radius 1 is 0.933 bits per heavy atom. The number of para-hydroxylation sites is 1. The van der Waals surface area contributed by atoms with Crippen molar-refractivity contribution in [3.8, 4) is 17.1 Å². The molecule has 1 N–H and O–H groups in total. The van der Waals surface area contributed by atoms with Gasteiger partial charge in [0.25, 0.3) is 5.91 Å². The van der Waals surface area contributed by atoms with Crippen LogP contribution in [0.5, 0.6) is 0 Å². The van der Waals surface area contributed by atoms with Gasteiger partial charge < -0.3 is 5.32 Å². The first-order valence-corrected chi connectivity index (χ1v) is 9.98. The number of carbonyl (C=O) groups excluding carboxylic acids is 1. The highest BCUT2D eigenvalue weighted by molar-refractivity contribution is 6.34. The van der Waals surface area contributed by atoms with Crippen molar-refractivity contribution in [3.05, 3.63) is 94.3 Å². The molecule has 0 atom stereocenters. The largest absolute Gasteiger partial charge is 0.318 e. The van der Waals surface area contributed by atoms with Gasteiger partial charge in [-0.2, -0.15) is 0 Å². The first-order valence-electron chi connectivity index (χ1n) is 9.60. The maximum atomic E-state index is 13.0. The Hall–Kier alpha value is -3.44. The molecule has 4 aromatic rings. The molecule has 0 saturated heterocycles. The molecule has 0 bridgehead atoms. The average molecular weight is 417 g/mol. The second kappa shape index (κ2) is 8.13. The van der Waals surface area contributed by atoms with Crippen LogP contribution in [0.25, 0.3) is 17.1 Å². The number of hydrogen-bond acceptors (Lipinski definition) is 3. The third kappa shape index (κ3) is 3.84. The lowest BCUT2D eigenvalue weighted by molar-refractivity contribution is 0.101. The van der Waals surface area contributed by atoms with Gasteiger partial charge in [-0.05, 0) is 44.0 Å². The zero-order valence-corrected chi connectivity index (χ0v) is 17.7. The van der Waals surface area contributed by atoms with Crippen molar-refractivity contribution in [1.29, 1.82) is 0 Å². The van der Waals surface area contributed by atoms with Gasteiger partial charge in [0.1, 0.15) is 0 Å². The summed E-state index contributed by atoms with van der Waals surface area (Å²) >= 11 is 6.26. The van der Waals surface area contributed by atoms with Crippen molar-refractivity contribution < 1.29 is 4.79 Å². The summed E-state index contributed by atoms with van der Waals surface area (Å²) in [5, 5.41) is 7.88. The quantitative estimate of drug-likeness (QED) is 0.459. The third-order valence-corrected chi connectivity index (χ3v) is 5.20. The molecule has 0 saturated carbocycles. The van der Waals surface area contributed by atoms with Crippen LogP contribution in [0.4, 0.5) is 5.69 Å². The number of carbonyl (C=O) groups is 1. The number of amides is 1. The summed E-state index contributed by atoms with van der Waals surface area (Å²) in [7, 11) is 0. The van der Waals surface area contributed by atoms with E-state index in [1.165, 1.54) is 0 Å². The molecule has 1 aromatic heterocycles. The highest BCUT2D eigenvalue weighted by Crippen LogP contribution is 2.27. The molecule has 0 radical (unpaired) electrons. The number of hydrogen-bond donors (Lipinski definition) is 1. The van der Waals surface area contributed by atoms with Crippen LogP contribution in [0, 0.1) is 20.8 Å². The van der Waals surface area contributed by atoms with E-state index in [0.29, 0.717) is 16.5 Å². The Labute approximate surface area is 180 Å². The smallest absolute Gasteiger partial charge is 0.295 e. The highest BCUT2D eigenvalue weighted by Gasteiger charge is 2.21. The van der Waals surface area contributed by atoms with Gasteiger partial charge in [0, 0.05) is 5.56 Å². The van der Waals surface area contributed by atoms with Gasteiger partial charge >= 0.3 is 0 Å². The van der Waals surface area contributed by atoms with Crippen LogP contribution in [0.2, 0.25) is 5.02 Å². The van der Waals surface area contributed by atoms with E-state index in [-0.39, 0.29) is 5.82 Å². The maximum Gasteiger partial charge on any atom is 0.295 e. The molecule has 6 heteroatoms. The SMILES string of the molecule is Cc1ccc(-n2nc(C(=O)Nc3c(C)cccc3Cl)nc2-c2ccccc2)c(C)c1. The molecule has 1 heterocycles. The van der Waals surface area contributed by atoms with E-state index in [4.69, 9.17) is 11.6 Å². The van der Waals surface area contributed by atoms with E-state index in [0.717, 1.165) is 27.9 Å². The monoisotopic (exact) mass is 416 g/mol. The summed E-state index contributed by atoms with van der Waals surface area (Å²) in [5.41, 5.74) is 5.38. The van der Waals surface area contributed by atoms with Crippen LogP contribution >= 0.6 is 11.6 Å². The van der Waals surface area contributed by atoms with E-state index >= 15 is 0 Å². The first kappa shape index (κ1) is 19.9. The van der Waals surface area contributed by atoms with Crippen molar-refractivity contribution in [2.24, 2.45) is 0 Å². The number of rotatable bonds is 4. The Kier molecular flexibility index (Phi) is 5.38. The molecule has 4 rings (SSSR count). The lowest BCUT2D eigenvalue weighted by Gasteiger charge is -2.10. The predicted molar refractivity (Wildman–Crippen MR) is 120 cm³/mol. The van der Waals surface area contributed by atoms with E-state index in [9.17, 15) is 4.79 Å². The molecular weight excluding hydrogens is 396 g/mol. The molecule has 0 unspecified atom stereocenters. The van der Waals surface area contributed by atoms with E-state index in [1.54, 1.807) is 10.7 Å². The van der Waals surface area contributed by atoms with Crippen molar-refractivity contribution in [2.75, 3.05) is 5.32 Å². The number of aryl methyl sites for hydroxylation is 3. The van der Waals surface area contributed by atoms with Crippen LogP contribution < -0.4 is 5.32 Å². The topological polar surface area (TPSA) is 59.8 Å². The van der Waals surface area contributed by atoms with Crippen LogP contribution in [0.1, 0.15) is 27.3 Å². The average Bonchev–Trinajstić information content (AvgIpc) is 3.17. The minimum absolute atomic E-state index is 0.0770. The van der Waals surface area contributed by atoms with Crippen LogP contribution in [-0.2, 0) is 0 Å². The fourth-order valence-electron chi connectivity index (χ4n) is 3.35. The minimum Gasteiger partial charge on any atom is -0.318 e. The second-order valence-corrected chi connectivity index (χ2v) is 7.62. The maximum absolute atomic E-state index is 13.0. The van der Waals surface area contributed by atoms with Gasteiger partial charge in [0.15, 0.2) is 5.82 Å². The molecule has 0 aliphatic heterocycles. The van der Waals surface area contributed by atoms with Crippen LogP contribution in [0.15, 0.2) is 66.7 Å². The highest BCUT2D eigenvalue weighted by atomic mass is 35.5. The Bertz CT molecular complexity index is 1210. The standard InChI is InChI=1S/C24H21ClN4O/c1-15-12-13-20(17(3)14-15)29-23(18-9-5-4-6-10-18)27-22(28-29)24(30)26-21-16(2)8-7-11-19(21)25/h4-14H,1-3H3,(H,26,30). The number of aromatic nitrogens is 3. The lowest BCUT2D eigenvalue weighted by atomic mass is 10.1. The number of benzene rings is 3. The van der Waals surface area contributed by atoms with Crippen molar-refractivity contribution in [1.82, 2.24) is 14.8 Å². The Morgan fingerprint density at radius 3 is 2.40 bits per heavy atom. The number of anilines is 1. The zero-order valence-electron chi connectivity index (χ0n) is 17.0. The van der Waals surface area contributed by atoms with Crippen LogP contribution in [0.3, 0.4) is 0 Å². The number of halogens is 1. The fourth-order valence-corrected chi connectivity index (χ4v) is 3.62. The van der Waals surface area contributed by atoms with Crippen LogP contribution in [-0.4, -0.2) is 20.7 Å².